The minimum atomic E-state index is -0.290. The predicted octanol–water partition coefficient (Wildman–Crippen LogP) is 2.66. The molecule has 0 spiro atoms. The molecule has 3 N–H and O–H groups in total. The Balaban J connectivity index is 2.26. The van der Waals surface area contributed by atoms with Crippen LogP contribution in [-0.4, -0.2) is 19.1 Å². The van der Waals surface area contributed by atoms with Gasteiger partial charge in [0.25, 0.3) is 5.91 Å². The third kappa shape index (κ3) is 4.57. The van der Waals surface area contributed by atoms with Crippen LogP contribution in [0.15, 0.2) is 48.5 Å². The van der Waals surface area contributed by atoms with Gasteiger partial charge in [0.1, 0.15) is 5.75 Å². The van der Waals surface area contributed by atoms with Crippen LogP contribution >= 0.6 is 0 Å². The fraction of sp³-hybridized carbons (Fsp3) is 0.316. The molecule has 0 saturated carbocycles. The van der Waals surface area contributed by atoms with Gasteiger partial charge in [-0.3, -0.25) is 4.79 Å². The normalized spacial score (nSPS) is 12.0. The van der Waals surface area contributed by atoms with Crippen LogP contribution in [0.4, 0.5) is 5.69 Å². The molecular weight excluding hydrogens is 288 g/mol. The minimum Gasteiger partial charge on any atom is -0.495 e. The molecule has 0 aliphatic carbocycles. The van der Waals surface area contributed by atoms with Crippen molar-refractivity contribution in [3.8, 4) is 5.75 Å². The number of hydrogen-bond donors (Lipinski definition) is 2. The van der Waals surface area contributed by atoms with Crippen molar-refractivity contribution >= 4 is 11.6 Å². The lowest BCUT2D eigenvalue weighted by molar-refractivity contribution is -0.709. The number of rotatable bonds is 6. The molecule has 0 saturated heterocycles. The van der Waals surface area contributed by atoms with Crippen LogP contribution < -0.4 is 15.4 Å². The van der Waals surface area contributed by atoms with Gasteiger partial charge in [-0.25, -0.2) is 0 Å². The van der Waals surface area contributed by atoms with Gasteiger partial charge in [0.15, 0.2) is 6.04 Å². The van der Waals surface area contributed by atoms with Crippen molar-refractivity contribution < 1.29 is 14.8 Å². The summed E-state index contributed by atoms with van der Waals surface area (Å²) in [6.07, 6.45) is 0. The second-order valence-corrected chi connectivity index (χ2v) is 6.02. The van der Waals surface area contributed by atoms with E-state index in [1.165, 1.54) is 0 Å². The standard InChI is InChI=1S/C19H24N2O2/c1-13(2)20-18(15-8-6-5-7-9-15)19(22)21-16-12-14(3)10-11-17(16)23-4/h5-13,18,20H,1-4H3,(H,21,22)/p+1/t18-/m0/s1. The van der Waals surface area contributed by atoms with Crippen LogP contribution in [-0.2, 0) is 4.79 Å². The van der Waals surface area contributed by atoms with Gasteiger partial charge in [0.05, 0.1) is 18.8 Å². The van der Waals surface area contributed by atoms with Gasteiger partial charge in [-0.2, -0.15) is 0 Å². The number of carbonyl (C=O) groups is 1. The number of amides is 1. The van der Waals surface area contributed by atoms with E-state index in [9.17, 15) is 4.79 Å². The smallest absolute Gasteiger partial charge is 0.287 e. The first-order chi connectivity index (χ1) is 11.0. The average molecular weight is 313 g/mol. The molecule has 122 valence electrons. The minimum absolute atomic E-state index is 0.0474. The van der Waals surface area contributed by atoms with Crippen LogP contribution in [0, 0.1) is 6.92 Å². The molecule has 4 heteroatoms. The maximum atomic E-state index is 12.8. The molecule has 4 nitrogen and oxygen atoms in total. The van der Waals surface area contributed by atoms with Gasteiger partial charge < -0.3 is 15.4 Å². The molecule has 0 aromatic heterocycles. The summed E-state index contributed by atoms with van der Waals surface area (Å²) in [5.74, 6) is 0.620. The van der Waals surface area contributed by atoms with Crippen molar-refractivity contribution in [2.24, 2.45) is 0 Å². The van der Waals surface area contributed by atoms with E-state index in [1.807, 2.05) is 55.5 Å². The summed E-state index contributed by atoms with van der Waals surface area (Å²) >= 11 is 0. The van der Waals surface area contributed by atoms with E-state index in [2.05, 4.69) is 24.5 Å². The third-order valence-corrected chi connectivity index (χ3v) is 3.63. The van der Waals surface area contributed by atoms with E-state index < -0.39 is 0 Å². The molecule has 0 fully saturated rings. The highest BCUT2D eigenvalue weighted by Gasteiger charge is 2.25. The van der Waals surface area contributed by atoms with Crippen molar-refractivity contribution in [3.63, 3.8) is 0 Å². The Kier molecular flexibility index (Phi) is 5.77. The summed E-state index contributed by atoms with van der Waals surface area (Å²) < 4.78 is 5.34. The molecule has 1 amide bonds. The molecule has 2 rings (SSSR count). The zero-order chi connectivity index (χ0) is 16.8. The second-order valence-electron chi connectivity index (χ2n) is 6.02. The fourth-order valence-electron chi connectivity index (χ4n) is 2.53. The summed E-state index contributed by atoms with van der Waals surface area (Å²) in [5.41, 5.74) is 2.77. The zero-order valence-electron chi connectivity index (χ0n) is 14.2. The molecule has 0 aliphatic rings. The molecule has 0 bridgehead atoms. The van der Waals surface area contributed by atoms with Gasteiger partial charge in [-0.15, -0.1) is 0 Å². The quantitative estimate of drug-likeness (QED) is 0.861. The highest BCUT2D eigenvalue weighted by molar-refractivity contribution is 5.95. The fourth-order valence-corrected chi connectivity index (χ4v) is 2.53. The van der Waals surface area contributed by atoms with Gasteiger partial charge >= 0.3 is 0 Å². The first-order valence-electron chi connectivity index (χ1n) is 7.86. The monoisotopic (exact) mass is 313 g/mol. The molecule has 2 aromatic rings. The lowest BCUT2D eigenvalue weighted by atomic mass is 10.0. The number of benzene rings is 2. The van der Waals surface area contributed by atoms with Crippen LogP contribution in [0.1, 0.15) is 31.0 Å². The Bertz CT molecular complexity index is 654. The number of carbonyl (C=O) groups excluding carboxylic acids is 1. The Hall–Kier alpha value is -2.33. The molecule has 23 heavy (non-hydrogen) atoms. The maximum Gasteiger partial charge on any atom is 0.287 e. The van der Waals surface area contributed by atoms with Crippen molar-refractivity contribution in [1.82, 2.24) is 0 Å². The van der Waals surface area contributed by atoms with E-state index in [-0.39, 0.29) is 11.9 Å². The Labute approximate surface area is 137 Å². The summed E-state index contributed by atoms with van der Waals surface area (Å²) in [7, 11) is 1.61. The van der Waals surface area contributed by atoms with Crippen molar-refractivity contribution in [2.45, 2.75) is 32.9 Å². The topological polar surface area (TPSA) is 54.9 Å². The van der Waals surface area contributed by atoms with E-state index >= 15 is 0 Å². The van der Waals surface area contributed by atoms with Crippen molar-refractivity contribution in [1.29, 1.82) is 0 Å². The lowest BCUT2D eigenvalue weighted by Gasteiger charge is -2.19. The highest BCUT2D eigenvalue weighted by Crippen LogP contribution is 2.26. The van der Waals surface area contributed by atoms with Crippen LogP contribution in [0.25, 0.3) is 0 Å². The molecule has 1 atom stereocenters. The molecule has 0 radical (unpaired) electrons. The first kappa shape index (κ1) is 17.0. The second kappa shape index (κ2) is 7.79. The maximum absolute atomic E-state index is 12.8. The number of ether oxygens (including phenoxy) is 1. The van der Waals surface area contributed by atoms with E-state index in [0.717, 1.165) is 11.1 Å². The SMILES string of the molecule is COc1ccc(C)cc1NC(=O)[C@@H]([NH2+]C(C)C)c1ccccc1. The van der Waals surface area contributed by atoms with Gasteiger partial charge in [0, 0.05) is 5.56 Å². The Morgan fingerprint density at radius 1 is 1.13 bits per heavy atom. The van der Waals surface area contributed by atoms with Gasteiger partial charge in [-0.05, 0) is 38.5 Å². The number of aryl methyl sites for hydroxylation is 1. The highest BCUT2D eigenvalue weighted by atomic mass is 16.5. The summed E-state index contributed by atoms with van der Waals surface area (Å²) in [5, 5.41) is 5.07. The Morgan fingerprint density at radius 2 is 1.83 bits per heavy atom. The molecule has 2 aromatic carbocycles. The van der Waals surface area contributed by atoms with Gasteiger partial charge in [0.2, 0.25) is 0 Å². The predicted molar refractivity (Wildman–Crippen MR) is 92.6 cm³/mol. The summed E-state index contributed by atoms with van der Waals surface area (Å²) in [6.45, 7) is 6.15. The number of nitrogens with two attached hydrogens (primary N) is 1. The molecule has 0 heterocycles. The van der Waals surface area contributed by atoms with Crippen molar-refractivity contribution in [2.75, 3.05) is 12.4 Å². The molecular formula is C19H25N2O2+. The van der Waals surface area contributed by atoms with Crippen LogP contribution in [0.3, 0.4) is 0 Å². The Morgan fingerprint density at radius 3 is 2.43 bits per heavy atom. The number of anilines is 1. The lowest BCUT2D eigenvalue weighted by Crippen LogP contribution is -2.91. The van der Waals surface area contributed by atoms with Crippen molar-refractivity contribution in [3.05, 3.63) is 59.7 Å². The molecule has 0 aliphatic heterocycles. The summed E-state index contributed by atoms with van der Waals surface area (Å²) in [4.78, 5) is 12.8. The third-order valence-electron chi connectivity index (χ3n) is 3.63. The number of nitrogens with one attached hydrogen (secondary N) is 1. The van der Waals surface area contributed by atoms with E-state index in [1.54, 1.807) is 7.11 Å². The number of methoxy groups -OCH3 is 1. The zero-order valence-corrected chi connectivity index (χ0v) is 14.2. The average Bonchev–Trinajstić information content (AvgIpc) is 2.53. The number of hydrogen-bond acceptors (Lipinski definition) is 2. The van der Waals surface area contributed by atoms with Gasteiger partial charge in [-0.1, -0.05) is 36.4 Å². The van der Waals surface area contributed by atoms with E-state index in [4.69, 9.17) is 4.74 Å². The van der Waals surface area contributed by atoms with Crippen LogP contribution in [0.5, 0.6) is 5.75 Å². The molecule has 0 unspecified atom stereocenters. The first-order valence-corrected chi connectivity index (χ1v) is 7.86. The largest absolute Gasteiger partial charge is 0.495 e. The summed E-state index contributed by atoms with van der Waals surface area (Å²) in [6, 6.07) is 15.6. The van der Waals surface area contributed by atoms with E-state index in [0.29, 0.717) is 17.5 Å². The van der Waals surface area contributed by atoms with Crippen LogP contribution in [0.2, 0.25) is 0 Å². The number of quaternary nitrogens is 1.